The third-order valence-corrected chi connectivity index (χ3v) is 3.57. The maximum Gasteiger partial charge on any atom is 0.224 e. The third kappa shape index (κ3) is 1.86. The molecule has 1 aliphatic heterocycles. The number of carbonyl (C=O) groups excluding carboxylic acids is 1. The van der Waals surface area contributed by atoms with Crippen molar-refractivity contribution in [1.29, 1.82) is 0 Å². The van der Waals surface area contributed by atoms with Crippen LogP contribution < -0.4 is 10.2 Å². The van der Waals surface area contributed by atoms with Crippen LogP contribution >= 0.6 is 11.3 Å². The number of amides is 1. The highest BCUT2D eigenvalue weighted by molar-refractivity contribution is 7.09. The Bertz CT molecular complexity index is 372. The molecule has 0 spiro atoms. The fourth-order valence-corrected chi connectivity index (χ4v) is 2.60. The van der Waals surface area contributed by atoms with Crippen molar-refractivity contribution >= 4 is 28.6 Å². The summed E-state index contributed by atoms with van der Waals surface area (Å²) >= 11 is 1.63. The molecule has 82 valence electrons. The molecule has 0 aliphatic carbocycles. The van der Waals surface area contributed by atoms with Crippen LogP contribution in [0.1, 0.15) is 20.8 Å². The largest absolute Gasteiger partial charge is 0.378 e. The Hall–Kier alpha value is -1.03. The summed E-state index contributed by atoms with van der Waals surface area (Å²) in [6, 6.07) is 0.357. The summed E-state index contributed by atoms with van der Waals surface area (Å²) in [6.45, 7) is 6.75. The molecule has 1 atom stereocenters. The van der Waals surface area contributed by atoms with E-state index in [0.717, 1.165) is 17.9 Å². The van der Waals surface area contributed by atoms with Crippen LogP contribution in [0.5, 0.6) is 0 Å². The molecule has 2 heterocycles. The van der Waals surface area contributed by atoms with Crippen molar-refractivity contribution in [2.75, 3.05) is 16.8 Å². The van der Waals surface area contributed by atoms with Crippen LogP contribution in [0.15, 0.2) is 10.8 Å². The van der Waals surface area contributed by atoms with Gasteiger partial charge in [0.05, 0.1) is 11.4 Å². The summed E-state index contributed by atoms with van der Waals surface area (Å²) in [5, 5.41) is 7.58. The number of anilines is 2. The molecular weight excluding hydrogens is 208 g/mol. The van der Waals surface area contributed by atoms with Crippen molar-refractivity contribution in [3.8, 4) is 0 Å². The molecule has 0 saturated carbocycles. The Morgan fingerprint density at radius 1 is 1.60 bits per heavy atom. The number of hydrogen-bond donors (Lipinski definition) is 1. The molecule has 3 nitrogen and oxygen atoms in total. The maximum atomic E-state index is 11.5. The van der Waals surface area contributed by atoms with Gasteiger partial charge in [-0.05, 0) is 5.92 Å². The van der Waals surface area contributed by atoms with E-state index < -0.39 is 0 Å². The highest BCUT2D eigenvalue weighted by Crippen LogP contribution is 2.35. The summed E-state index contributed by atoms with van der Waals surface area (Å²) in [4.78, 5) is 13.4. The zero-order valence-electron chi connectivity index (χ0n) is 9.28. The lowest BCUT2D eigenvalue weighted by atomic mass is 10.0. The minimum absolute atomic E-state index is 0.127. The molecule has 0 bridgehead atoms. The Morgan fingerprint density at radius 3 is 2.93 bits per heavy atom. The second-order valence-corrected chi connectivity index (χ2v) is 5.04. The zero-order chi connectivity index (χ0) is 11.0. The monoisotopic (exact) mass is 224 g/mol. The van der Waals surface area contributed by atoms with E-state index >= 15 is 0 Å². The van der Waals surface area contributed by atoms with Crippen LogP contribution in [0.2, 0.25) is 0 Å². The molecule has 1 aromatic rings. The standard InChI is InChI=1S/C11H16N2OS/c1-7(2)9-4-13(8(3)14)11-6-15-5-10(11)12-9/h5-7,9,12H,4H2,1-3H3/t9-/m1/s1. The van der Waals surface area contributed by atoms with E-state index in [2.05, 4.69) is 24.5 Å². The molecule has 0 saturated heterocycles. The molecule has 2 rings (SSSR count). The van der Waals surface area contributed by atoms with E-state index in [4.69, 9.17) is 0 Å². The zero-order valence-corrected chi connectivity index (χ0v) is 10.1. The number of rotatable bonds is 1. The van der Waals surface area contributed by atoms with Crippen molar-refractivity contribution in [3.05, 3.63) is 10.8 Å². The van der Waals surface area contributed by atoms with E-state index in [1.54, 1.807) is 18.3 Å². The first kappa shape index (κ1) is 10.5. The molecular formula is C11H16N2OS. The van der Waals surface area contributed by atoms with Crippen molar-refractivity contribution in [2.24, 2.45) is 5.92 Å². The van der Waals surface area contributed by atoms with Crippen LogP contribution in [0.3, 0.4) is 0 Å². The van der Waals surface area contributed by atoms with Gasteiger partial charge in [0.25, 0.3) is 0 Å². The third-order valence-electron chi connectivity index (χ3n) is 2.84. The maximum absolute atomic E-state index is 11.5. The van der Waals surface area contributed by atoms with Gasteiger partial charge in [0.15, 0.2) is 0 Å². The lowest BCUT2D eigenvalue weighted by Crippen LogP contribution is -2.45. The molecule has 1 N–H and O–H groups in total. The summed E-state index contributed by atoms with van der Waals surface area (Å²) in [7, 11) is 0. The van der Waals surface area contributed by atoms with E-state index in [9.17, 15) is 4.79 Å². The van der Waals surface area contributed by atoms with Gasteiger partial charge in [-0.15, -0.1) is 11.3 Å². The second kappa shape index (κ2) is 3.85. The van der Waals surface area contributed by atoms with Gasteiger partial charge >= 0.3 is 0 Å². The van der Waals surface area contributed by atoms with Crippen LogP contribution in [-0.4, -0.2) is 18.5 Å². The average Bonchev–Trinajstić information content (AvgIpc) is 2.62. The van der Waals surface area contributed by atoms with Crippen molar-refractivity contribution in [1.82, 2.24) is 0 Å². The van der Waals surface area contributed by atoms with Gasteiger partial charge in [0, 0.05) is 30.3 Å². The minimum atomic E-state index is 0.127. The molecule has 0 aromatic carbocycles. The van der Waals surface area contributed by atoms with Crippen molar-refractivity contribution in [3.63, 3.8) is 0 Å². The van der Waals surface area contributed by atoms with Crippen LogP contribution in [0.4, 0.5) is 11.4 Å². The molecule has 1 aromatic heterocycles. The Balaban J connectivity index is 2.31. The van der Waals surface area contributed by atoms with Gasteiger partial charge in [-0.2, -0.15) is 0 Å². The summed E-state index contributed by atoms with van der Waals surface area (Å²) in [6.07, 6.45) is 0. The topological polar surface area (TPSA) is 32.3 Å². The summed E-state index contributed by atoms with van der Waals surface area (Å²) in [5.41, 5.74) is 2.13. The van der Waals surface area contributed by atoms with Gasteiger partial charge in [0.2, 0.25) is 5.91 Å². The Kier molecular flexibility index (Phi) is 2.69. The number of nitrogens with zero attached hydrogens (tertiary/aromatic N) is 1. The lowest BCUT2D eigenvalue weighted by molar-refractivity contribution is -0.116. The second-order valence-electron chi connectivity index (χ2n) is 4.30. The molecule has 1 amide bonds. The van der Waals surface area contributed by atoms with E-state index in [0.29, 0.717) is 12.0 Å². The first-order valence-corrected chi connectivity index (χ1v) is 6.14. The number of nitrogens with one attached hydrogen (secondary N) is 1. The lowest BCUT2D eigenvalue weighted by Gasteiger charge is -2.35. The van der Waals surface area contributed by atoms with Gasteiger partial charge in [-0.1, -0.05) is 13.8 Å². The predicted octanol–water partition coefficient (Wildman–Crippen LogP) is 2.55. The van der Waals surface area contributed by atoms with Gasteiger partial charge in [-0.25, -0.2) is 0 Å². The fraction of sp³-hybridized carbons (Fsp3) is 0.545. The molecule has 4 heteroatoms. The van der Waals surface area contributed by atoms with Crippen LogP contribution in [-0.2, 0) is 4.79 Å². The fourth-order valence-electron chi connectivity index (χ4n) is 1.82. The van der Waals surface area contributed by atoms with Crippen LogP contribution in [0.25, 0.3) is 0 Å². The SMILES string of the molecule is CC(=O)N1C[C@H](C(C)C)Nc2cscc21. The quantitative estimate of drug-likeness (QED) is 0.795. The number of fused-ring (bicyclic) bond motifs is 1. The normalized spacial score (nSPS) is 20.0. The number of carbonyl (C=O) groups is 1. The first-order chi connectivity index (χ1) is 7.09. The van der Waals surface area contributed by atoms with Crippen molar-refractivity contribution < 1.29 is 4.79 Å². The Labute approximate surface area is 94.1 Å². The van der Waals surface area contributed by atoms with Crippen molar-refractivity contribution in [2.45, 2.75) is 26.8 Å². The van der Waals surface area contributed by atoms with E-state index in [1.807, 2.05) is 10.3 Å². The molecule has 0 unspecified atom stereocenters. The summed E-state index contributed by atoms with van der Waals surface area (Å²) < 4.78 is 0. The highest BCUT2D eigenvalue weighted by Gasteiger charge is 2.28. The number of hydrogen-bond acceptors (Lipinski definition) is 3. The molecule has 1 aliphatic rings. The first-order valence-electron chi connectivity index (χ1n) is 5.20. The number of thiophene rings is 1. The van der Waals surface area contributed by atoms with Gasteiger partial charge in [0.1, 0.15) is 0 Å². The predicted molar refractivity (Wildman–Crippen MR) is 64.6 cm³/mol. The highest BCUT2D eigenvalue weighted by atomic mass is 32.1. The smallest absolute Gasteiger partial charge is 0.224 e. The molecule has 15 heavy (non-hydrogen) atoms. The average molecular weight is 224 g/mol. The van der Waals surface area contributed by atoms with Crippen LogP contribution in [0, 0.1) is 5.92 Å². The van der Waals surface area contributed by atoms with Gasteiger partial charge < -0.3 is 10.2 Å². The summed E-state index contributed by atoms with van der Waals surface area (Å²) in [5.74, 6) is 0.654. The molecule has 0 radical (unpaired) electrons. The minimum Gasteiger partial charge on any atom is -0.378 e. The van der Waals surface area contributed by atoms with E-state index in [-0.39, 0.29) is 5.91 Å². The van der Waals surface area contributed by atoms with E-state index in [1.165, 1.54) is 0 Å². The Morgan fingerprint density at radius 2 is 2.33 bits per heavy atom. The molecule has 0 fully saturated rings. The van der Waals surface area contributed by atoms with Gasteiger partial charge in [-0.3, -0.25) is 4.79 Å².